The molecular formula is C24H34N4O5S. The van der Waals surface area contributed by atoms with Crippen LogP contribution in [0.4, 0.5) is 0 Å². The minimum atomic E-state index is -3.69. The number of nitrogens with zero attached hydrogens (tertiary/aromatic N) is 2. The minimum absolute atomic E-state index is 0.0811. The largest absolute Gasteiger partial charge is 0.340 e. The van der Waals surface area contributed by atoms with Crippen LogP contribution in [-0.2, 0) is 26.7 Å². The van der Waals surface area contributed by atoms with Gasteiger partial charge in [-0.3, -0.25) is 14.6 Å². The van der Waals surface area contributed by atoms with Gasteiger partial charge in [-0.25, -0.2) is 13.2 Å². The number of carbonyl (C=O) groups excluding carboxylic acids is 1. The Morgan fingerprint density at radius 1 is 0.971 bits per heavy atom. The first-order chi connectivity index (χ1) is 15.7. The summed E-state index contributed by atoms with van der Waals surface area (Å²) in [6.45, 7) is 12.6. The van der Waals surface area contributed by atoms with Crippen molar-refractivity contribution in [3.05, 3.63) is 60.9 Å². The van der Waals surface area contributed by atoms with Crippen molar-refractivity contribution in [3.8, 4) is 0 Å². The lowest BCUT2D eigenvalue weighted by Gasteiger charge is -2.35. The maximum Gasteiger partial charge on any atom is 0.325 e. The van der Waals surface area contributed by atoms with Gasteiger partial charge >= 0.3 is 5.69 Å². The van der Waals surface area contributed by atoms with Gasteiger partial charge in [0.15, 0.2) is 0 Å². The first-order valence-corrected chi connectivity index (χ1v) is 12.9. The number of H-pyrrole nitrogens is 2. The molecule has 0 spiro atoms. The van der Waals surface area contributed by atoms with Crippen LogP contribution in [0.5, 0.6) is 0 Å². The molecule has 34 heavy (non-hydrogen) atoms. The molecule has 1 amide bonds. The molecular weight excluding hydrogens is 456 g/mol. The third-order valence-electron chi connectivity index (χ3n) is 6.36. The Morgan fingerprint density at radius 3 is 2.03 bits per heavy atom. The van der Waals surface area contributed by atoms with Gasteiger partial charge in [0.1, 0.15) is 0 Å². The van der Waals surface area contributed by atoms with Gasteiger partial charge in [0.05, 0.1) is 4.90 Å². The van der Waals surface area contributed by atoms with Crippen LogP contribution in [0.25, 0.3) is 0 Å². The zero-order valence-corrected chi connectivity index (χ0v) is 21.6. The molecule has 186 valence electrons. The smallest absolute Gasteiger partial charge is 0.325 e. The molecule has 1 aromatic carbocycles. The van der Waals surface area contributed by atoms with E-state index in [-0.39, 0.29) is 50.3 Å². The average Bonchev–Trinajstić information content (AvgIpc) is 2.71. The van der Waals surface area contributed by atoms with E-state index in [1.165, 1.54) is 4.31 Å². The number of sulfonamides is 1. The monoisotopic (exact) mass is 490 g/mol. The number of piperazine rings is 1. The third-order valence-corrected chi connectivity index (χ3v) is 8.56. The van der Waals surface area contributed by atoms with Crippen molar-refractivity contribution in [2.24, 2.45) is 0 Å². The maximum atomic E-state index is 13.4. The van der Waals surface area contributed by atoms with Gasteiger partial charge in [0.2, 0.25) is 15.9 Å². The molecule has 1 aliphatic heterocycles. The Balaban J connectivity index is 1.68. The Morgan fingerprint density at radius 2 is 1.53 bits per heavy atom. The SMILES string of the molecule is Cc1cc(C(C)(C)C)cc(C)c1S(=O)(=O)N1CCN(C(=O)CCc2c(C)[nH]c(=O)[nH]c2=O)CC1. The van der Waals surface area contributed by atoms with Crippen LogP contribution in [0.2, 0.25) is 0 Å². The molecule has 1 saturated heterocycles. The second kappa shape index (κ2) is 9.50. The van der Waals surface area contributed by atoms with Crippen LogP contribution in [0.3, 0.4) is 0 Å². The van der Waals surface area contributed by atoms with Crippen LogP contribution < -0.4 is 11.2 Å². The van der Waals surface area contributed by atoms with Gasteiger partial charge in [-0.2, -0.15) is 4.31 Å². The van der Waals surface area contributed by atoms with E-state index in [0.29, 0.717) is 16.2 Å². The molecule has 2 N–H and O–H groups in total. The van der Waals surface area contributed by atoms with Crippen molar-refractivity contribution in [2.75, 3.05) is 26.2 Å². The predicted octanol–water partition coefficient (Wildman–Crippen LogP) is 1.75. The fraction of sp³-hybridized carbons (Fsp3) is 0.542. The number of amides is 1. The van der Waals surface area contributed by atoms with E-state index in [1.54, 1.807) is 11.8 Å². The second-order valence-electron chi connectivity index (χ2n) is 9.99. The predicted molar refractivity (Wildman–Crippen MR) is 131 cm³/mol. The van der Waals surface area contributed by atoms with Crippen molar-refractivity contribution in [2.45, 2.75) is 64.7 Å². The van der Waals surface area contributed by atoms with Gasteiger partial charge in [-0.15, -0.1) is 0 Å². The van der Waals surface area contributed by atoms with Crippen molar-refractivity contribution < 1.29 is 13.2 Å². The molecule has 3 rings (SSSR count). The highest BCUT2D eigenvalue weighted by molar-refractivity contribution is 7.89. The molecule has 0 aliphatic carbocycles. The van der Waals surface area contributed by atoms with Gasteiger partial charge in [-0.05, 0) is 49.3 Å². The van der Waals surface area contributed by atoms with Gasteiger partial charge in [0.25, 0.3) is 5.56 Å². The Kier molecular flexibility index (Phi) is 7.23. The molecule has 0 saturated carbocycles. The molecule has 0 bridgehead atoms. The Labute approximate surface area is 200 Å². The Hall–Kier alpha value is -2.72. The highest BCUT2D eigenvalue weighted by atomic mass is 32.2. The number of aromatic amines is 2. The number of nitrogens with one attached hydrogen (secondary N) is 2. The van der Waals surface area contributed by atoms with Crippen LogP contribution in [0.1, 0.15) is 55.1 Å². The summed E-state index contributed by atoms with van der Waals surface area (Å²) in [7, 11) is -3.69. The fourth-order valence-corrected chi connectivity index (χ4v) is 6.25. The average molecular weight is 491 g/mol. The quantitative estimate of drug-likeness (QED) is 0.661. The fourth-order valence-electron chi connectivity index (χ4n) is 4.41. The number of hydrogen-bond acceptors (Lipinski definition) is 5. The summed E-state index contributed by atoms with van der Waals surface area (Å²) in [5, 5.41) is 0. The topological polar surface area (TPSA) is 123 Å². The summed E-state index contributed by atoms with van der Waals surface area (Å²) < 4.78 is 28.3. The minimum Gasteiger partial charge on any atom is -0.340 e. The van der Waals surface area contributed by atoms with E-state index in [9.17, 15) is 22.8 Å². The first kappa shape index (κ1) is 25.9. The normalized spacial score (nSPS) is 15.5. The van der Waals surface area contributed by atoms with E-state index in [2.05, 4.69) is 30.7 Å². The number of carbonyl (C=O) groups is 1. The van der Waals surface area contributed by atoms with Crippen molar-refractivity contribution >= 4 is 15.9 Å². The molecule has 1 fully saturated rings. The van der Waals surface area contributed by atoms with Crippen molar-refractivity contribution in [1.29, 1.82) is 0 Å². The first-order valence-electron chi connectivity index (χ1n) is 11.4. The molecule has 10 heteroatoms. The van der Waals surface area contributed by atoms with Crippen molar-refractivity contribution in [1.82, 2.24) is 19.2 Å². The highest BCUT2D eigenvalue weighted by Crippen LogP contribution is 2.31. The highest BCUT2D eigenvalue weighted by Gasteiger charge is 2.32. The van der Waals surface area contributed by atoms with E-state index in [0.717, 1.165) is 16.7 Å². The van der Waals surface area contributed by atoms with E-state index in [1.807, 2.05) is 26.0 Å². The number of rotatable bonds is 5. The van der Waals surface area contributed by atoms with Crippen molar-refractivity contribution in [3.63, 3.8) is 0 Å². The lowest BCUT2D eigenvalue weighted by molar-refractivity contribution is -0.132. The summed E-state index contributed by atoms with van der Waals surface area (Å²) in [5.41, 5.74) is 2.21. The molecule has 1 aromatic heterocycles. The molecule has 1 aliphatic rings. The molecule has 0 radical (unpaired) electrons. The summed E-state index contributed by atoms with van der Waals surface area (Å²) in [6, 6.07) is 3.89. The molecule has 0 atom stereocenters. The second-order valence-corrected chi connectivity index (χ2v) is 11.9. The number of hydrogen-bond donors (Lipinski definition) is 2. The summed E-state index contributed by atoms with van der Waals surface area (Å²) >= 11 is 0. The Bertz CT molecular complexity index is 1290. The molecule has 9 nitrogen and oxygen atoms in total. The molecule has 0 unspecified atom stereocenters. The maximum absolute atomic E-state index is 13.4. The van der Waals surface area contributed by atoms with E-state index in [4.69, 9.17) is 0 Å². The standard InChI is InChI=1S/C24H34N4O5S/c1-15-13-18(24(4,5)6)14-16(2)21(15)34(32,33)28-11-9-27(10-12-28)20(29)8-7-19-17(3)25-23(31)26-22(19)30/h13-14H,7-12H2,1-6H3,(H2,25,26,30,31). The molecule has 2 heterocycles. The lowest BCUT2D eigenvalue weighted by Crippen LogP contribution is -2.50. The number of aromatic nitrogens is 2. The zero-order valence-electron chi connectivity index (χ0n) is 20.7. The van der Waals surface area contributed by atoms with Gasteiger partial charge in [0, 0.05) is 43.9 Å². The zero-order chi connectivity index (χ0) is 25.4. The summed E-state index contributed by atoms with van der Waals surface area (Å²) in [6.07, 6.45) is 0.309. The van der Waals surface area contributed by atoms with Gasteiger partial charge in [-0.1, -0.05) is 32.9 Å². The van der Waals surface area contributed by atoms with Crippen LogP contribution >= 0.6 is 0 Å². The van der Waals surface area contributed by atoms with E-state index >= 15 is 0 Å². The molecule has 2 aromatic rings. The van der Waals surface area contributed by atoms with Gasteiger partial charge < -0.3 is 9.88 Å². The number of benzene rings is 1. The summed E-state index contributed by atoms with van der Waals surface area (Å²) in [4.78, 5) is 42.7. The summed E-state index contributed by atoms with van der Waals surface area (Å²) in [5.74, 6) is -0.149. The third kappa shape index (κ3) is 5.33. The van der Waals surface area contributed by atoms with Crippen LogP contribution in [0.15, 0.2) is 26.6 Å². The van der Waals surface area contributed by atoms with Crippen LogP contribution in [0, 0.1) is 20.8 Å². The number of aryl methyl sites for hydroxylation is 3. The lowest BCUT2D eigenvalue weighted by atomic mass is 9.85. The van der Waals surface area contributed by atoms with E-state index < -0.39 is 21.3 Å². The van der Waals surface area contributed by atoms with Crippen LogP contribution in [-0.4, -0.2) is 59.7 Å².